The van der Waals surface area contributed by atoms with E-state index in [1.807, 2.05) is 60.7 Å². The molecule has 3 rings (SSSR count). The third-order valence-corrected chi connectivity index (χ3v) is 4.14. The largest absolute Gasteiger partial charge is 0.441 e. The SMILES string of the molecule is NC(=O)C(Cc1ccccc1)NC(=O)CCc1ncc(-c2ccccc2)o1. The van der Waals surface area contributed by atoms with Crippen LogP contribution in [0.15, 0.2) is 71.3 Å². The van der Waals surface area contributed by atoms with Gasteiger partial charge in [0.15, 0.2) is 11.7 Å². The molecular weight excluding hydrogens is 342 g/mol. The Morgan fingerprint density at radius 3 is 2.37 bits per heavy atom. The van der Waals surface area contributed by atoms with Crippen molar-refractivity contribution in [2.75, 3.05) is 0 Å². The minimum Gasteiger partial charge on any atom is -0.441 e. The van der Waals surface area contributed by atoms with Gasteiger partial charge in [-0.3, -0.25) is 9.59 Å². The van der Waals surface area contributed by atoms with Gasteiger partial charge in [-0.05, 0) is 5.56 Å². The molecule has 1 aromatic heterocycles. The average molecular weight is 363 g/mol. The maximum absolute atomic E-state index is 12.2. The van der Waals surface area contributed by atoms with E-state index in [9.17, 15) is 9.59 Å². The Hall–Kier alpha value is -3.41. The van der Waals surface area contributed by atoms with Crippen molar-refractivity contribution < 1.29 is 14.0 Å². The Bertz CT molecular complexity index is 891. The van der Waals surface area contributed by atoms with Crippen LogP contribution in [0.2, 0.25) is 0 Å². The molecule has 0 fully saturated rings. The van der Waals surface area contributed by atoms with Gasteiger partial charge in [0.2, 0.25) is 11.8 Å². The number of carbonyl (C=O) groups excluding carboxylic acids is 2. The van der Waals surface area contributed by atoms with Gasteiger partial charge in [0.25, 0.3) is 0 Å². The number of nitrogens with zero attached hydrogens (tertiary/aromatic N) is 1. The van der Waals surface area contributed by atoms with Crippen molar-refractivity contribution in [2.45, 2.75) is 25.3 Å². The molecular formula is C21H21N3O3. The fraction of sp³-hybridized carbons (Fsp3) is 0.190. The number of rotatable bonds is 8. The van der Waals surface area contributed by atoms with E-state index in [2.05, 4.69) is 10.3 Å². The Labute approximate surface area is 157 Å². The second-order valence-corrected chi connectivity index (χ2v) is 6.20. The number of hydrogen-bond donors (Lipinski definition) is 2. The zero-order valence-corrected chi connectivity index (χ0v) is 14.8. The normalized spacial score (nSPS) is 11.7. The highest BCUT2D eigenvalue weighted by Gasteiger charge is 2.19. The standard InChI is InChI=1S/C21H21N3O3/c22-21(26)17(13-15-7-3-1-4-8-15)24-19(25)11-12-20-23-14-18(27-20)16-9-5-2-6-10-16/h1-10,14,17H,11-13H2,(H2,22,26)(H,24,25). The first-order valence-electron chi connectivity index (χ1n) is 8.74. The molecule has 1 unspecified atom stereocenters. The van der Waals surface area contributed by atoms with Crippen LogP contribution >= 0.6 is 0 Å². The summed E-state index contributed by atoms with van der Waals surface area (Å²) in [5, 5.41) is 2.69. The average Bonchev–Trinajstić information content (AvgIpc) is 3.16. The zero-order chi connectivity index (χ0) is 19.1. The lowest BCUT2D eigenvalue weighted by Gasteiger charge is -2.15. The Morgan fingerprint density at radius 2 is 1.70 bits per heavy atom. The smallest absolute Gasteiger partial charge is 0.240 e. The lowest BCUT2D eigenvalue weighted by atomic mass is 10.1. The number of amides is 2. The van der Waals surface area contributed by atoms with E-state index in [0.717, 1.165) is 11.1 Å². The summed E-state index contributed by atoms with van der Waals surface area (Å²) in [6, 6.07) is 18.3. The van der Waals surface area contributed by atoms with E-state index in [0.29, 0.717) is 24.5 Å². The van der Waals surface area contributed by atoms with E-state index in [4.69, 9.17) is 10.2 Å². The molecule has 0 aliphatic rings. The summed E-state index contributed by atoms with van der Waals surface area (Å²) in [5.74, 6) is 0.302. The summed E-state index contributed by atoms with van der Waals surface area (Å²) >= 11 is 0. The number of benzene rings is 2. The summed E-state index contributed by atoms with van der Waals surface area (Å²) in [7, 11) is 0. The van der Waals surface area contributed by atoms with Crippen LogP contribution in [-0.2, 0) is 22.4 Å². The predicted octanol–water partition coefficient (Wildman–Crippen LogP) is 2.49. The molecule has 3 N–H and O–H groups in total. The maximum Gasteiger partial charge on any atom is 0.240 e. The van der Waals surface area contributed by atoms with Crippen molar-refractivity contribution in [1.82, 2.24) is 10.3 Å². The third kappa shape index (κ3) is 5.28. The molecule has 0 radical (unpaired) electrons. The number of hydrogen-bond acceptors (Lipinski definition) is 4. The summed E-state index contributed by atoms with van der Waals surface area (Å²) in [6.45, 7) is 0. The number of aromatic nitrogens is 1. The molecule has 1 atom stereocenters. The number of aryl methyl sites for hydroxylation is 1. The predicted molar refractivity (Wildman–Crippen MR) is 102 cm³/mol. The number of nitrogens with two attached hydrogens (primary N) is 1. The minimum absolute atomic E-state index is 0.160. The van der Waals surface area contributed by atoms with Crippen LogP contribution in [0, 0.1) is 0 Å². The Balaban J connectivity index is 1.54. The molecule has 27 heavy (non-hydrogen) atoms. The topological polar surface area (TPSA) is 98.2 Å². The fourth-order valence-electron chi connectivity index (χ4n) is 2.72. The third-order valence-electron chi connectivity index (χ3n) is 4.14. The molecule has 0 bridgehead atoms. The van der Waals surface area contributed by atoms with Gasteiger partial charge in [0.05, 0.1) is 6.20 Å². The van der Waals surface area contributed by atoms with Gasteiger partial charge in [-0.25, -0.2) is 4.98 Å². The molecule has 0 saturated heterocycles. The fourth-order valence-corrected chi connectivity index (χ4v) is 2.72. The van der Waals surface area contributed by atoms with Crippen LogP contribution in [0.1, 0.15) is 17.9 Å². The van der Waals surface area contributed by atoms with Crippen molar-refractivity contribution in [3.05, 3.63) is 78.3 Å². The number of nitrogens with one attached hydrogen (secondary N) is 1. The van der Waals surface area contributed by atoms with Gasteiger partial charge in [-0.2, -0.15) is 0 Å². The highest BCUT2D eigenvalue weighted by molar-refractivity contribution is 5.86. The molecule has 6 nitrogen and oxygen atoms in total. The molecule has 0 aliphatic heterocycles. The van der Waals surface area contributed by atoms with Crippen molar-refractivity contribution >= 4 is 11.8 Å². The van der Waals surface area contributed by atoms with Gasteiger partial charge in [-0.15, -0.1) is 0 Å². The molecule has 3 aromatic rings. The maximum atomic E-state index is 12.2. The van der Waals surface area contributed by atoms with Gasteiger partial charge >= 0.3 is 0 Å². The van der Waals surface area contributed by atoms with E-state index in [1.165, 1.54) is 0 Å². The monoisotopic (exact) mass is 363 g/mol. The van der Waals surface area contributed by atoms with Crippen molar-refractivity contribution in [3.63, 3.8) is 0 Å². The quantitative estimate of drug-likeness (QED) is 0.642. The van der Waals surface area contributed by atoms with E-state index in [-0.39, 0.29) is 12.3 Å². The summed E-state index contributed by atoms with van der Waals surface area (Å²) < 4.78 is 5.69. The highest BCUT2D eigenvalue weighted by Crippen LogP contribution is 2.20. The number of oxazole rings is 1. The van der Waals surface area contributed by atoms with Crippen molar-refractivity contribution in [3.8, 4) is 11.3 Å². The van der Waals surface area contributed by atoms with Gasteiger partial charge < -0.3 is 15.5 Å². The first-order valence-corrected chi connectivity index (χ1v) is 8.74. The Kier molecular flexibility index (Phi) is 5.99. The van der Waals surface area contributed by atoms with Crippen LogP contribution < -0.4 is 11.1 Å². The summed E-state index contributed by atoms with van der Waals surface area (Å²) in [6.07, 6.45) is 2.51. The minimum atomic E-state index is -0.746. The zero-order valence-electron chi connectivity index (χ0n) is 14.8. The molecule has 2 amide bonds. The van der Waals surface area contributed by atoms with Crippen molar-refractivity contribution in [1.29, 1.82) is 0 Å². The summed E-state index contributed by atoms with van der Waals surface area (Å²) in [4.78, 5) is 28.1. The molecule has 0 spiro atoms. The van der Waals surface area contributed by atoms with Gasteiger partial charge in [-0.1, -0.05) is 60.7 Å². The van der Waals surface area contributed by atoms with Crippen LogP contribution in [0.4, 0.5) is 0 Å². The summed E-state index contributed by atoms with van der Waals surface area (Å²) in [5.41, 5.74) is 7.28. The molecule has 1 heterocycles. The van der Waals surface area contributed by atoms with E-state index < -0.39 is 11.9 Å². The highest BCUT2D eigenvalue weighted by atomic mass is 16.4. The molecule has 2 aromatic carbocycles. The van der Waals surface area contributed by atoms with Crippen LogP contribution in [0.3, 0.4) is 0 Å². The lowest BCUT2D eigenvalue weighted by molar-refractivity contribution is -0.127. The molecule has 0 aliphatic carbocycles. The molecule has 6 heteroatoms. The first-order chi connectivity index (χ1) is 13.1. The van der Waals surface area contributed by atoms with Gasteiger partial charge in [0, 0.05) is 24.8 Å². The second kappa shape index (κ2) is 8.80. The first kappa shape index (κ1) is 18.4. The molecule has 138 valence electrons. The lowest BCUT2D eigenvalue weighted by Crippen LogP contribution is -2.45. The van der Waals surface area contributed by atoms with E-state index >= 15 is 0 Å². The Morgan fingerprint density at radius 1 is 1.04 bits per heavy atom. The molecule has 0 saturated carbocycles. The second-order valence-electron chi connectivity index (χ2n) is 6.20. The van der Waals surface area contributed by atoms with Crippen LogP contribution in [0.5, 0.6) is 0 Å². The number of primary amides is 1. The van der Waals surface area contributed by atoms with Gasteiger partial charge in [0.1, 0.15) is 6.04 Å². The number of carbonyl (C=O) groups is 2. The van der Waals surface area contributed by atoms with E-state index in [1.54, 1.807) is 6.20 Å². The van der Waals surface area contributed by atoms with Crippen LogP contribution in [-0.4, -0.2) is 22.8 Å². The van der Waals surface area contributed by atoms with Crippen LogP contribution in [0.25, 0.3) is 11.3 Å². The van der Waals surface area contributed by atoms with Crippen molar-refractivity contribution in [2.24, 2.45) is 5.73 Å².